The van der Waals surface area contributed by atoms with Gasteiger partial charge in [-0.25, -0.2) is 15.0 Å². The van der Waals surface area contributed by atoms with E-state index in [9.17, 15) is 5.26 Å². The topological polar surface area (TPSA) is 62.5 Å². The van der Waals surface area contributed by atoms with Crippen LogP contribution in [0.4, 0.5) is 0 Å². The molecule has 0 saturated heterocycles. The molecule has 1 aromatic heterocycles. The second-order valence-electron chi connectivity index (χ2n) is 14.3. The van der Waals surface area contributed by atoms with Crippen LogP contribution in [0.15, 0.2) is 206 Å². The van der Waals surface area contributed by atoms with Crippen molar-refractivity contribution in [2.24, 2.45) is 0 Å². The minimum atomic E-state index is -0.604. The summed E-state index contributed by atoms with van der Waals surface area (Å²) in [4.78, 5) is 15.0. The summed E-state index contributed by atoms with van der Waals surface area (Å²) in [5.74, 6) is 1.89. The van der Waals surface area contributed by atoms with E-state index in [2.05, 4.69) is 133 Å². The van der Waals surface area contributed by atoms with Crippen molar-refractivity contribution < 1.29 is 0 Å². The van der Waals surface area contributed by atoms with Crippen LogP contribution >= 0.6 is 0 Å². The summed E-state index contributed by atoms with van der Waals surface area (Å²) in [6.07, 6.45) is 0. The van der Waals surface area contributed by atoms with Crippen LogP contribution in [0.3, 0.4) is 0 Å². The summed E-state index contributed by atoms with van der Waals surface area (Å²) in [6.45, 7) is 0. The molecule has 0 N–H and O–H groups in total. The number of hydrogen-bond donors (Lipinski definition) is 0. The third-order valence-corrected chi connectivity index (χ3v) is 11.0. The maximum absolute atomic E-state index is 9.72. The molecule has 0 amide bonds. The lowest BCUT2D eigenvalue weighted by Crippen LogP contribution is -2.28. The summed E-state index contributed by atoms with van der Waals surface area (Å²) in [5.41, 5.74) is 14.3. The zero-order valence-corrected chi connectivity index (χ0v) is 30.9. The van der Waals surface area contributed by atoms with Gasteiger partial charge in [-0.15, -0.1) is 0 Å². The van der Waals surface area contributed by atoms with Crippen molar-refractivity contribution in [1.82, 2.24) is 15.0 Å². The van der Waals surface area contributed by atoms with Gasteiger partial charge in [-0.1, -0.05) is 176 Å². The number of nitrogens with zero attached hydrogens (tertiary/aromatic N) is 4. The van der Waals surface area contributed by atoms with Crippen molar-refractivity contribution in [3.8, 4) is 73.6 Å². The highest BCUT2D eigenvalue weighted by molar-refractivity contribution is 5.90. The lowest BCUT2D eigenvalue weighted by Gasteiger charge is -2.34. The molecule has 0 unspecified atom stereocenters. The molecular weight excluding hydrogens is 693 g/mol. The third-order valence-electron chi connectivity index (χ3n) is 11.0. The molecule has 0 bridgehead atoms. The Labute approximate surface area is 332 Å². The average molecular weight is 727 g/mol. The molecule has 1 aliphatic rings. The van der Waals surface area contributed by atoms with E-state index < -0.39 is 5.41 Å². The van der Waals surface area contributed by atoms with Crippen molar-refractivity contribution in [3.05, 3.63) is 234 Å². The Kier molecular flexibility index (Phi) is 8.39. The summed E-state index contributed by atoms with van der Waals surface area (Å²) >= 11 is 0. The highest BCUT2D eigenvalue weighted by Crippen LogP contribution is 2.57. The SMILES string of the molecule is N#Cc1cccc(-c2ccc3c(c2)C(c2ccccc2)(c2ccccc2)c2cc(-c4cccc(-c5nc(-c6ccccc6)nc(-c6ccccc6)n5)c4)ccc2-3)c1. The molecule has 0 saturated carbocycles. The molecule has 57 heavy (non-hydrogen) atoms. The van der Waals surface area contributed by atoms with Gasteiger partial charge in [0.05, 0.1) is 17.0 Å². The first-order valence-corrected chi connectivity index (χ1v) is 19.1. The third kappa shape index (κ3) is 5.90. The molecule has 0 spiro atoms. The molecule has 10 rings (SSSR count). The van der Waals surface area contributed by atoms with Gasteiger partial charge in [0.25, 0.3) is 0 Å². The van der Waals surface area contributed by atoms with Crippen molar-refractivity contribution in [2.75, 3.05) is 0 Å². The van der Waals surface area contributed by atoms with Gasteiger partial charge in [0.1, 0.15) is 0 Å². The van der Waals surface area contributed by atoms with Crippen molar-refractivity contribution in [2.45, 2.75) is 5.41 Å². The van der Waals surface area contributed by atoms with Gasteiger partial charge >= 0.3 is 0 Å². The molecule has 0 radical (unpaired) electrons. The fourth-order valence-electron chi connectivity index (χ4n) is 8.39. The van der Waals surface area contributed by atoms with Crippen molar-refractivity contribution in [1.29, 1.82) is 5.26 Å². The smallest absolute Gasteiger partial charge is 0.164 e. The zero-order valence-electron chi connectivity index (χ0n) is 30.9. The second kappa shape index (κ2) is 14.2. The Morgan fingerprint density at radius 2 is 0.719 bits per heavy atom. The van der Waals surface area contributed by atoms with Crippen LogP contribution in [-0.2, 0) is 5.41 Å². The fraction of sp³-hybridized carbons (Fsp3) is 0.0189. The number of benzene rings is 8. The molecular formula is C53H34N4. The van der Waals surface area contributed by atoms with Crippen LogP contribution < -0.4 is 0 Å². The minimum absolute atomic E-state index is 0.604. The normalized spacial score (nSPS) is 12.3. The Balaban J connectivity index is 1.16. The number of rotatable bonds is 7. The Hall–Kier alpha value is -7.74. The molecule has 4 heteroatoms. The van der Waals surface area contributed by atoms with Gasteiger partial charge in [0, 0.05) is 16.7 Å². The summed E-state index contributed by atoms with van der Waals surface area (Å²) < 4.78 is 0. The molecule has 4 nitrogen and oxygen atoms in total. The van der Waals surface area contributed by atoms with E-state index in [1.54, 1.807) is 0 Å². The maximum Gasteiger partial charge on any atom is 0.164 e. The second-order valence-corrected chi connectivity index (χ2v) is 14.3. The van der Waals surface area contributed by atoms with E-state index in [0.717, 1.165) is 38.9 Å². The molecule has 0 aliphatic heterocycles. The first kappa shape index (κ1) is 33.8. The number of hydrogen-bond acceptors (Lipinski definition) is 4. The van der Waals surface area contributed by atoms with E-state index in [4.69, 9.17) is 15.0 Å². The van der Waals surface area contributed by atoms with E-state index in [0.29, 0.717) is 23.0 Å². The van der Waals surface area contributed by atoms with Crippen molar-refractivity contribution in [3.63, 3.8) is 0 Å². The molecule has 0 atom stereocenters. The first-order chi connectivity index (χ1) is 28.2. The first-order valence-electron chi connectivity index (χ1n) is 19.1. The van der Waals surface area contributed by atoms with E-state index in [1.807, 2.05) is 78.9 Å². The fourth-order valence-corrected chi connectivity index (χ4v) is 8.39. The monoisotopic (exact) mass is 726 g/mol. The Morgan fingerprint density at radius 3 is 1.21 bits per heavy atom. The lowest BCUT2D eigenvalue weighted by molar-refractivity contribution is 0.769. The molecule has 8 aromatic carbocycles. The molecule has 1 heterocycles. The molecule has 266 valence electrons. The average Bonchev–Trinajstić information content (AvgIpc) is 3.60. The Morgan fingerprint density at radius 1 is 0.333 bits per heavy atom. The van der Waals surface area contributed by atoms with Crippen molar-refractivity contribution >= 4 is 0 Å². The quantitative estimate of drug-likeness (QED) is 0.164. The maximum atomic E-state index is 9.72. The van der Waals surface area contributed by atoms with Gasteiger partial charge < -0.3 is 0 Å². The summed E-state index contributed by atoms with van der Waals surface area (Å²) in [6, 6.07) is 74.2. The van der Waals surface area contributed by atoms with E-state index >= 15 is 0 Å². The van der Waals surface area contributed by atoms with Crippen LogP contribution in [0, 0.1) is 11.3 Å². The van der Waals surface area contributed by atoms with Gasteiger partial charge in [-0.05, 0) is 86.0 Å². The number of aromatic nitrogens is 3. The zero-order chi connectivity index (χ0) is 38.2. The lowest BCUT2D eigenvalue weighted by atomic mass is 9.67. The standard InChI is InChI=1S/C53H34N4/c54-35-36-15-13-20-39(31-36)41-27-29-46-47-30-28-42(34-49(47)53(48(46)33-41,44-23-9-3-10-24-44)45-25-11-4-12-26-45)40-21-14-22-43(32-40)52-56-50(37-16-5-1-6-17-37)55-51(57-52)38-18-7-2-8-19-38/h1-34H. The summed E-state index contributed by atoms with van der Waals surface area (Å²) in [5, 5.41) is 9.72. The van der Waals surface area contributed by atoms with E-state index in [1.165, 1.54) is 33.4 Å². The number of fused-ring (bicyclic) bond motifs is 3. The van der Waals surface area contributed by atoms with Crippen LogP contribution in [0.25, 0.3) is 67.5 Å². The Bertz CT molecular complexity index is 2860. The minimum Gasteiger partial charge on any atom is -0.208 e. The molecule has 0 fully saturated rings. The number of nitriles is 1. The highest BCUT2D eigenvalue weighted by atomic mass is 15.0. The van der Waals surface area contributed by atoms with Crippen LogP contribution in [0.2, 0.25) is 0 Å². The molecule has 9 aromatic rings. The highest BCUT2D eigenvalue weighted by Gasteiger charge is 2.46. The molecule has 1 aliphatic carbocycles. The predicted octanol–water partition coefficient (Wildman–Crippen LogP) is 12.4. The van der Waals surface area contributed by atoms with Crippen LogP contribution in [-0.4, -0.2) is 15.0 Å². The summed E-state index contributed by atoms with van der Waals surface area (Å²) in [7, 11) is 0. The van der Waals surface area contributed by atoms with Gasteiger partial charge in [-0.3, -0.25) is 0 Å². The van der Waals surface area contributed by atoms with Crippen LogP contribution in [0.5, 0.6) is 0 Å². The van der Waals surface area contributed by atoms with Gasteiger partial charge in [0.2, 0.25) is 0 Å². The predicted molar refractivity (Wildman–Crippen MR) is 229 cm³/mol. The van der Waals surface area contributed by atoms with Crippen LogP contribution in [0.1, 0.15) is 27.8 Å². The van der Waals surface area contributed by atoms with E-state index in [-0.39, 0.29) is 0 Å². The largest absolute Gasteiger partial charge is 0.208 e. The van der Waals surface area contributed by atoms with Gasteiger partial charge in [0.15, 0.2) is 17.5 Å². The van der Waals surface area contributed by atoms with Gasteiger partial charge in [-0.2, -0.15) is 5.26 Å².